The van der Waals surface area contributed by atoms with Crippen LogP contribution in [-0.2, 0) is 14.3 Å². The van der Waals surface area contributed by atoms with Crippen LogP contribution in [0.3, 0.4) is 0 Å². The zero-order chi connectivity index (χ0) is 32.3. The Kier molecular flexibility index (Phi) is 13.1. The number of rotatable bonds is 14. The highest BCUT2D eigenvalue weighted by Crippen LogP contribution is 2.35. The molecular weight excluding hydrogens is 558 g/mol. The van der Waals surface area contributed by atoms with Crippen molar-refractivity contribution in [3.63, 3.8) is 0 Å². The van der Waals surface area contributed by atoms with E-state index in [1.807, 2.05) is 47.6 Å². The number of amides is 2. The predicted octanol–water partition coefficient (Wildman–Crippen LogP) is 7.95. The second-order valence-electron chi connectivity index (χ2n) is 14.1. The number of carbonyl (C=O) groups is 3. The van der Waals surface area contributed by atoms with Gasteiger partial charge in [-0.3, -0.25) is 9.69 Å². The van der Waals surface area contributed by atoms with E-state index in [1.165, 1.54) is 12.8 Å². The van der Waals surface area contributed by atoms with Crippen molar-refractivity contribution in [3.05, 3.63) is 24.0 Å². The van der Waals surface area contributed by atoms with E-state index in [9.17, 15) is 14.4 Å². The van der Waals surface area contributed by atoms with E-state index >= 15 is 0 Å². The van der Waals surface area contributed by atoms with Crippen molar-refractivity contribution in [2.75, 3.05) is 25.5 Å². The van der Waals surface area contributed by atoms with Crippen molar-refractivity contribution in [1.82, 2.24) is 19.8 Å². The molecule has 1 atom stereocenters. The molecule has 1 saturated heterocycles. The molecule has 0 unspecified atom stereocenters. The Hall–Kier alpha value is -3.14. The van der Waals surface area contributed by atoms with Gasteiger partial charge in [-0.05, 0) is 86.9 Å². The van der Waals surface area contributed by atoms with Gasteiger partial charge in [0.25, 0.3) is 0 Å². The van der Waals surface area contributed by atoms with Crippen LogP contribution in [0.25, 0.3) is 10.9 Å². The SMILES string of the molecule is CN1CCC[C@@H]1c1cc2cnc(NC(=O)CCCCCCCCCCCNC(=O)OC(C)(C)C)cc2n1C(=O)OC(C)(C)C. The Bertz CT molecular complexity index is 1240. The summed E-state index contributed by atoms with van der Waals surface area (Å²) in [5, 5.41) is 6.58. The van der Waals surface area contributed by atoms with E-state index in [1.54, 1.807) is 16.8 Å². The number of aromatic nitrogens is 2. The Morgan fingerprint density at radius 3 is 2.09 bits per heavy atom. The minimum absolute atomic E-state index is 0.0667. The van der Waals surface area contributed by atoms with Crippen LogP contribution < -0.4 is 10.6 Å². The fourth-order valence-electron chi connectivity index (χ4n) is 5.59. The minimum atomic E-state index is -0.626. The largest absolute Gasteiger partial charge is 0.444 e. The Morgan fingerprint density at radius 1 is 0.886 bits per heavy atom. The van der Waals surface area contributed by atoms with E-state index in [-0.39, 0.29) is 18.0 Å². The molecule has 10 nitrogen and oxygen atoms in total. The maximum atomic E-state index is 13.3. The van der Waals surface area contributed by atoms with Crippen LogP contribution in [0, 0.1) is 0 Å². The first-order chi connectivity index (χ1) is 20.7. The molecule has 2 N–H and O–H groups in total. The van der Waals surface area contributed by atoms with E-state index in [2.05, 4.69) is 27.6 Å². The summed E-state index contributed by atoms with van der Waals surface area (Å²) in [6.07, 6.45) is 13.2. The lowest BCUT2D eigenvalue weighted by atomic mass is 10.1. The van der Waals surface area contributed by atoms with E-state index in [0.29, 0.717) is 24.3 Å². The molecule has 10 heteroatoms. The van der Waals surface area contributed by atoms with Crippen molar-refractivity contribution < 1.29 is 23.9 Å². The summed E-state index contributed by atoms with van der Waals surface area (Å²) in [5.41, 5.74) is 0.502. The lowest BCUT2D eigenvalue weighted by Crippen LogP contribution is -2.32. The average Bonchev–Trinajstić information content (AvgIpc) is 3.50. The third-order valence-electron chi connectivity index (χ3n) is 7.67. The monoisotopic (exact) mass is 613 g/mol. The molecule has 0 aromatic carbocycles. The number of hydrogen-bond acceptors (Lipinski definition) is 7. The highest BCUT2D eigenvalue weighted by molar-refractivity contribution is 5.95. The highest BCUT2D eigenvalue weighted by atomic mass is 16.6. The molecule has 246 valence electrons. The van der Waals surface area contributed by atoms with Gasteiger partial charge in [0.2, 0.25) is 5.91 Å². The average molecular weight is 614 g/mol. The van der Waals surface area contributed by atoms with Crippen LogP contribution in [0.5, 0.6) is 0 Å². The molecule has 3 rings (SSSR count). The topological polar surface area (TPSA) is 115 Å². The fourth-order valence-corrected chi connectivity index (χ4v) is 5.59. The molecule has 0 aliphatic carbocycles. The van der Waals surface area contributed by atoms with E-state index in [4.69, 9.17) is 9.47 Å². The first-order valence-corrected chi connectivity index (χ1v) is 16.5. The summed E-state index contributed by atoms with van der Waals surface area (Å²) in [5.74, 6) is 0.376. The Labute approximate surface area is 263 Å². The van der Waals surface area contributed by atoms with Gasteiger partial charge in [-0.2, -0.15) is 0 Å². The van der Waals surface area contributed by atoms with Gasteiger partial charge in [0.1, 0.15) is 17.0 Å². The second kappa shape index (κ2) is 16.3. The molecule has 0 spiro atoms. The number of fused-ring (bicyclic) bond motifs is 1. The number of likely N-dealkylation sites (tertiary alicyclic amines) is 1. The highest BCUT2D eigenvalue weighted by Gasteiger charge is 2.30. The van der Waals surface area contributed by atoms with Gasteiger partial charge in [0.15, 0.2) is 0 Å². The molecule has 0 saturated carbocycles. The molecule has 2 amide bonds. The quantitative estimate of drug-likeness (QED) is 0.208. The van der Waals surface area contributed by atoms with Gasteiger partial charge in [-0.1, -0.05) is 44.9 Å². The molecule has 3 heterocycles. The van der Waals surface area contributed by atoms with Gasteiger partial charge < -0.3 is 20.1 Å². The molecule has 0 bridgehead atoms. The maximum Gasteiger partial charge on any atom is 0.419 e. The Balaban J connectivity index is 1.38. The molecule has 2 aromatic rings. The van der Waals surface area contributed by atoms with E-state index < -0.39 is 17.3 Å². The first-order valence-electron chi connectivity index (χ1n) is 16.5. The number of anilines is 1. The van der Waals surface area contributed by atoms with Crippen molar-refractivity contribution in [3.8, 4) is 0 Å². The van der Waals surface area contributed by atoms with Crippen molar-refractivity contribution in [1.29, 1.82) is 0 Å². The third kappa shape index (κ3) is 11.7. The van der Waals surface area contributed by atoms with Crippen molar-refractivity contribution >= 4 is 34.8 Å². The fraction of sp³-hybridized carbons (Fsp3) is 0.706. The minimum Gasteiger partial charge on any atom is -0.444 e. The number of alkyl carbamates (subject to hydrolysis) is 1. The molecule has 44 heavy (non-hydrogen) atoms. The normalized spacial score (nSPS) is 15.8. The maximum absolute atomic E-state index is 13.3. The number of nitrogens with zero attached hydrogens (tertiary/aromatic N) is 3. The number of pyridine rings is 1. The lowest BCUT2D eigenvalue weighted by Gasteiger charge is -2.24. The predicted molar refractivity (Wildman–Crippen MR) is 175 cm³/mol. The summed E-state index contributed by atoms with van der Waals surface area (Å²) < 4.78 is 12.7. The third-order valence-corrected chi connectivity index (χ3v) is 7.67. The summed E-state index contributed by atoms with van der Waals surface area (Å²) >= 11 is 0. The zero-order valence-corrected chi connectivity index (χ0v) is 28.1. The van der Waals surface area contributed by atoms with Crippen LogP contribution in [0.2, 0.25) is 0 Å². The number of hydrogen-bond donors (Lipinski definition) is 2. The van der Waals surface area contributed by atoms with Gasteiger partial charge in [0, 0.05) is 36.3 Å². The van der Waals surface area contributed by atoms with E-state index in [0.717, 1.165) is 75.4 Å². The van der Waals surface area contributed by atoms with Gasteiger partial charge in [-0.15, -0.1) is 0 Å². The lowest BCUT2D eigenvalue weighted by molar-refractivity contribution is -0.116. The number of ether oxygens (including phenoxy) is 2. The first kappa shape index (κ1) is 35.3. The summed E-state index contributed by atoms with van der Waals surface area (Å²) in [4.78, 5) is 44.4. The number of carbonyl (C=O) groups excluding carboxylic acids is 3. The molecule has 1 fully saturated rings. The molecule has 2 aromatic heterocycles. The van der Waals surface area contributed by atoms with Gasteiger partial charge in [-0.25, -0.2) is 19.1 Å². The Morgan fingerprint density at radius 2 is 1.50 bits per heavy atom. The molecular formula is C34H55N5O5. The standard InChI is InChI=1S/C34H55N5O5/c1-33(2,3)43-31(41)35-20-16-14-12-10-8-9-11-13-15-19-30(40)37-29-23-27-25(24-36-29)22-28(26-18-17-21-38(26)7)39(27)32(42)44-34(4,5)6/h22-24,26H,8-21H2,1-7H3,(H,35,41)(H,36,37,40)/t26-/m1/s1. The number of unbranched alkanes of at least 4 members (excludes halogenated alkanes) is 8. The van der Waals surface area contributed by atoms with Gasteiger partial charge in [0.05, 0.1) is 11.6 Å². The number of nitrogens with one attached hydrogen (secondary N) is 2. The smallest absolute Gasteiger partial charge is 0.419 e. The zero-order valence-electron chi connectivity index (χ0n) is 28.1. The van der Waals surface area contributed by atoms with Crippen LogP contribution in [-0.4, -0.2) is 63.9 Å². The van der Waals surface area contributed by atoms with Gasteiger partial charge >= 0.3 is 12.2 Å². The molecule has 0 radical (unpaired) electrons. The van der Waals surface area contributed by atoms with Crippen molar-refractivity contribution in [2.24, 2.45) is 0 Å². The second-order valence-corrected chi connectivity index (χ2v) is 14.1. The van der Waals surface area contributed by atoms with Crippen LogP contribution in [0.15, 0.2) is 18.3 Å². The van der Waals surface area contributed by atoms with Crippen LogP contribution in [0.4, 0.5) is 15.4 Å². The summed E-state index contributed by atoms with van der Waals surface area (Å²) in [6.45, 7) is 12.8. The summed E-state index contributed by atoms with van der Waals surface area (Å²) in [6, 6.07) is 3.93. The van der Waals surface area contributed by atoms with Crippen LogP contribution >= 0.6 is 0 Å². The van der Waals surface area contributed by atoms with Crippen molar-refractivity contribution in [2.45, 2.75) is 136 Å². The van der Waals surface area contributed by atoms with Crippen LogP contribution in [0.1, 0.15) is 130 Å². The molecule has 1 aliphatic heterocycles. The summed E-state index contributed by atoms with van der Waals surface area (Å²) in [7, 11) is 2.08. The molecule has 1 aliphatic rings.